The number of ether oxygens (including phenoxy) is 6. The van der Waals surface area contributed by atoms with Gasteiger partial charge in [0.15, 0.2) is 18.7 Å². The summed E-state index contributed by atoms with van der Waals surface area (Å²) in [6.07, 6.45) is -4.76. The van der Waals surface area contributed by atoms with Crippen molar-refractivity contribution < 1.29 is 38.0 Å². The highest BCUT2D eigenvalue weighted by Crippen LogP contribution is 2.39. The molecular formula is C59H51NO8P2. The van der Waals surface area contributed by atoms with Gasteiger partial charge in [-0.2, -0.15) is 0 Å². The third kappa shape index (κ3) is 10.5. The Kier molecular flexibility index (Phi) is 14.9. The van der Waals surface area contributed by atoms with E-state index in [-0.39, 0.29) is 19.1 Å². The lowest BCUT2D eigenvalue weighted by molar-refractivity contribution is -0.344. The van der Waals surface area contributed by atoms with Gasteiger partial charge in [-0.05, 0) is 77.5 Å². The maximum Gasteiger partial charge on any atom is 0.339 e. The fourth-order valence-electron chi connectivity index (χ4n) is 8.97. The van der Waals surface area contributed by atoms with Crippen LogP contribution in [-0.4, -0.2) is 56.2 Å². The molecule has 0 bridgehead atoms. The zero-order valence-corrected chi connectivity index (χ0v) is 40.2. The average Bonchev–Trinajstić information content (AvgIpc) is 3.43. The smallest absolute Gasteiger partial charge is 0.339 e. The maximum absolute atomic E-state index is 15.4. The van der Waals surface area contributed by atoms with Crippen LogP contribution in [-0.2, 0) is 30.3 Å². The van der Waals surface area contributed by atoms with Crippen LogP contribution in [0.5, 0.6) is 5.75 Å². The molecule has 9 nitrogen and oxygen atoms in total. The van der Waals surface area contributed by atoms with Crippen molar-refractivity contribution in [1.29, 1.82) is 0 Å². The van der Waals surface area contributed by atoms with Crippen molar-refractivity contribution in [2.45, 2.75) is 43.5 Å². The van der Waals surface area contributed by atoms with Gasteiger partial charge in [0.2, 0.25) is 0 Å². The largest absolute Gasteiger partial charge is 0.497 e. The fourth-order valence-corrected chi connectivity index (χ4v) is 13.9. The number of carbonyl (C=O) groups is 2. The van der Waals surface area contributed by atoms with E-state index in [1.165, 1.54) is 0 Å². The SMILES string of the molecule is COc1ccc(C2OC[C@H]3O[C@H](OCc4ccccc4)[C@H](NC(=O)c4ccccc4P(c4ccccc4)c4ccccc4)[C@@H](OC(=O)c4ccccc4P(c4ccccc4)c4ccccc4)[C@@H]3O2)cc1. The third-order valence-electron chi connectivity index (χ3n) is 12.3. The van der Waals surface area contributed by atoms with Gasteiger partial charge in [0.1, 0.15) is 24.0 Å². The number of rotatable bonds is 15. The molecule has 1 amide bonds. The predicted octanol–water partition coefficient (Wildman–Crippen LogP) is 8.59. The van der Waals surface area contributed by atoms with Crippen LogP contribution < -0.4 is 41.9 Å². The summed E-state index contributed by atoms with van der Waals surface area (Å²) in [5.74, 6) is -0.276. The molecule has 0 aromatic heterocycles. The highest BCUT2D eigenvalue weighted by atomic mass is 31.1. The van der Waals surface area contributed by atoms with E-state index in [0.29, 0.717) is 16.9 Å². The molecule has 1 unspecified atom stereocenters. The van der Waals surface area contributed by atoms with Gasteiger partial charge >= 0.3 is 5.97 Å². The predicted molar refractivity (Wildman–Crippen MR) is 277 cm³/mol. The van der Waals surface area contributed by atoms with E-state index in [4.69, 9.17) is 28.4 Å². The number of hydrogen-bond acceptors (Lipinski definition) is 8. The molecule has 2 aliphatic rings. The van der Waals surface area contributed by atoms with Crippen LogP contribution in [0.3, 0.4) is 0 Å². The lowest BCUT2D eigenvalue weighted by atomic mass is 9.94. The summed E-state index contributed by atoms with van der Waals surface area (Å²) in [4.78, 5) is 30.7. The second-order valence-corrected chi connectivity index (χ2v) is 21.2. The number of esters is 1. The van der Waals surface area contributed by atoms with E-state index < -0.39 is 58.7 Å². The van der Waals surface area contributed by atoms with E-state index in [2.05, 4.69) is 53.8 Å². The normalized spacial score (nSPS) is 19.8. The van der Waals surface area contributed by atoms with Gasteiger partial charge < -0.3 is 33.7 Å². The van der Waals surface area contributed by atoms with Crippen molar-refractivity contribution in [2.24, 2.45) is 0 Å². The molecule has 70 heavy (non-hydrogen) atoms. The number of carbonyl (C=O) groups excluding carboxylic acids is 2. The first-order valence-corrected chi connectivity index (χ1v) is 25.9. The number of fused-ring (bicyclic) bond motifs is 1. The average molecular weight is 964 g/mol. The van der Waals surface area contributed by atoms with Crippen LogP contribution in [0.1, 0.15) is 38.1 Å². The highest BCUT2D eigenvalue weighted by molar-refractivity contribution is 7.80. The Hall–Kier alpha value is -6.80. The Balaban J connectivity index is 1.07. The standard InChI is InChI=1S/C59H51NO8P2/c1-63-43-37-35-42(36-38-43)58-65-40-50-54(68-58)55(67-57(62)49-32-18-20-34-52(49)70(46-27-13-5-14-28-46)47-29-15-6-16-30-47)53(59(66-50)64-39-41-21-7-2-8-22-41)60-56(61)48-31-17-19-33-51(48)69(44-23-9-3-10-24-44)45-25-11-4-12-26-45/h2-38,50,53-55,58-59H,39-40H2,1H3,(H,60,61)/t50-,53-,54-,55-,58?,59+/m1/s1. The van der Waals surface area contributed by atoms with E-state index in [9.17, 15) is 0 Å². The number of benzene rings is 8. The Bertz CT molecular complexity index is 2890. The molecule has 2 heterocycles. The number of methoxy groups -OCH3 is 1. The Morgan fingerprint density at radius 1 is 0.557 bits per heavy atom. The van der Waals surface area contributed by atoms with E-state index in [1.807, 2.05) is 176 Å². The zero-order chi connectivity index (χ0) is 47.7. The third-order valence-corrected chi connectivity index (χ3v) is 17.3. The summed E-state index contributed by atoms with van der Waals surface area (Å²) < 4.78 is 39.0. The summed E-state index contributed by atoms with van der Waals surface area (Å²) in [7, 11) is -0.772. The van der Waals surface area contributed by atoms with Gasteiger partial charge in [-0.1, -0.05) is 200 Å². The van der Waals surface area contributed by atoms with Crippen molar-refractivity contribution in [2.75, 3.05) is 13.7 Å². The molecule has 0 saturated carbocycles. The molecule has 2 fully saturated rings. The first-order valence-electron chi connectivity index (χ1n) is 23.2. The molecule has 8 aromatic carbocycles. The van der Waals surface area contributed by atoms with Crippen LogP contribution in [0.2, 0.25) is 0 Å². The molecule has 1 N–H and O–H groups in total. The second-order valence-electron chi connectivity index (χ2n) is 16.8. The van der Waals surface area contributed by atoms with E-state index in [0.717, 1.165) is 43.0 Å². The zero-order valence-electron chi connectivity index (χ0n) is 38.4. The van der Waals surface area contributed by atoms with Crippen molar-refractivity contribution >= 4 is 59.5 Å². The quantitative estimate of drug-likeness (QED) is 0.0807. The second kappa shape index (κ2) is 22.3. The van der Waals surface area contributed by atoms with Crippen LogP contribution in [0.4, 0.5) is 0 Å². The lowest BCUT2D eigenvalue weighted by Crippen LogP contribution is -2.68. The molecular weight excluding hydrogens is 913 g/mol. The summed E-state index contributed by atoms with van der Waals surface area (Å²) in [5.41, 5.74) is 2.50. The van der Waals surface area contributed by atoms with E-state index >= 15 is 9.59 Å². The topological polar surface area (TPSA) is 102 Å². The Morgan fingerprint density at radius 3 is 1.56 bits per heavy atom. The van der Waals surface area contributed by atoms with Gasteiger partial charge in [0.05, 0.1) is 25.9 Å². The van der Waals surface area contributed by atoms with Crippen molar-refractivity contribution in [3.8, 4) is 5.75 Å². The fraction of sp³-hybridized carbons (Fsp3) is 0.153. The summed E-state index contributed by atoms with van der Waals surface area (Å²) in [5, 5.41) is 9.36. The summed E-state index contributed by atoms with van der Waals surface area (Å²) in [6.45, 7) is 0.240. The number of amides is 1. The lowest BCUT2D eigenvalue weighted by Gasteiger charge is -2.49. The molecule has 8 aromatic rings. The maximum atomic E-state index is 15.4. The molecule has 0 spiro atoms. The van der Waals surface area contributed by atoms with Gasteiger partial charge in [-0.3, -0.25) is 4.79 Å². The van der Waals surface area contributed by atoms with Gasteiger partial charge in [-0.25, -0.2) is 4.79 Å². The number of hydrogen-bond donors (Lipinski definition) is 1. The molecule has 0 aliphatic carbocycles. The number of nitrogens with one attached hydrogen (secondary N) is 1. The van der Waals surface area contributed by atoms with Gasteiger partial charge in [0.25, 0.3) is 5.91 Å². The minimum atomic E-state index is -1.20. The Labute approximate surface area is 410 Å². The van der Waals surface area contributed by atoms with Gasteiger partial charge in [-0.15, -0.1) is 0 Å². The van der Waals surface area contributed by atoms with E-state index in [1.54, 1.807) is 7.11 Å². The van der Waals surface area contributed by atoms with Crippen LogP contribution >= 0.6 is 15.8 Å². The first kappa shape index (κ1) is 46.9. The summed E-state index contributed by atoms with van der Waals surface area (Å²) >= 11 is 0. The molecule has 2 saturated heterocycles. The van der Waals surface area contributed by atoms with Crippen molar-refractivity contribution in [3.63, 3.8) is 0 Å². The van der Waals surface area contributed by atoms with Crippen molar-refractivity contribution in [1.82, 2.24) is 5.32 Å². The molecule has 6 atom stereocenters. The molecule has 11 heteroatoms. The molecule has 10 rings (SSSR count). The van der Waals surface area contributed by atoms with Crippen LogP contribution in [0.15, 0.2) is 224 Å². The molecule has 2 aliphatic heterocycles. The first-order chi connectivity index (χ1) is 34.5. The van der Waals surface area contributed by atoms with Crippen LogP contribution in [0.25, 0.3) is 0 Å². The molecule has 0 radical (unpaired) electrons. The highest BCUT2D eigenvalue weighted by Gasteiger charge is 2.53. The Morgan fingerprint density at radius 2 is 1.03 bits per heavy atom. The van der Waals surface area contributed by atoms with Gasteiger partial charge in [0, 0.05) is 11.1 Å². The van der Waals surface area contributed by atoms with Crippen molar-refractivity contribution in [3.05, 3.63) is 247 Å². The summed E-state index contributed by atoms with van der Waals surface area (Å²) in [6, 6.07) is 72.3. The minimum absolute atomic E-state index is 0.0897. The monoisotopic (exact) mass is 963 g/mol. The minimum Gasteiger partial charge on any atom is -0.497 e. The molecule has 350 valence electrons. The van der Waals surface area contributed by atoms with Crippen LogP contribution in [0, 0.1) is 0 Å².